The summed E-state index contributed by atoms with van der Waals surface area (Å²) in [5.41, 5.74) is 1.32. The number of hydrogen-bond acceptors (Lipinski definition) is 4. The summed E-state index contributed by atoms with van der Waals surface area (Å²) in [6, 6.07) is 15.2. The molecule has 7 heteroatoms. The number of nitrogens with zero attached hydrogens (tertiary/aromatic N) is 1. The normalized spacial score (nSPS) is 13.3. The van der Waals surface area contributed by atoms with Crippen molar-refractivity contribution in [2.24, 2.45) is 0 Å². The van der Waals surface area contributed by atoms with Crippen LogP contribution in [0.2, 0.25) is 0 Å². The van der Waals surface area contributed by atoms with Crippen LogP contribution in [0.5, 0.6) is 0 Å². The van der Waals surface area contributed by atoms with E-state index in [2.05, 4.69) is 10.6 Å². The molecule has 0 aliphatic heterocycles. The fraction of sp³-hybridized carbons (Fsp3) is 0.483. The van der Waals surface area contributed by atoms with Gasteiger partial charge < -0.3 is 20.3 Å². The zero-order chi connectivity index (χ0) is 27.1. The van der Waals surface area contributed by atoms with Gasteiger partial charge in [0.15, 0.2) is 0 Å². The molecule has 2 N–H and O–H groups in total. The monoisotopic (exact) mass is 495 g/mol. The Labute approximate surface area is 215 Å². The molecule has 2 rings (SSSR count). The van der Waals surface area contributed by atoms with Crippen LogP contribution >= 0.6 is 0 Å². The Morgan fingerprint density at radius 3 is 2.03 bits per heavy atom. The van der Waals surface area contributed by atoms with Crippen LogP contribution in [-0.4, -0.2) is 46.5 Å². The molecule has 0 aromatic heterocycles. The maximum atomic E-state index is 14.1. The van der Waals surface area contributed by atoms with Crippen molar-refractivity contribution in [3.63, 3.8) is 0 Å². The third-order valence-electron chi connectivity index (χ3n) is 5.44. The van der Waals surface area contributed by atoms with Gasteiger partial charge in [0.2, 0.25) is 11.8 Å². The number of ether oxygens (including phenoxy) is 1. The van der Waals surface area contributed by atoms with Crippen molar-refractivity contribution in [3.8, 4) is 0 Å². The van der Waals surface area contributed by atoms with Gasteiger partial charge in [-0.2, -0.15) is 0 Å². The number of hydrogen-bond donors (Lipinski definition) is 2. The second-order valence-corrected chi connectivity index (χ2v) is 11.0. The highest BCUT2D eigenvalue weighted by Crippen LogP contribution is 2.26. The molecule has 3 amide bonds. The van der Waals surface area contributed by atoms with E-state index in [9.17, 15) is 14.4 Å². The van der Waals surface area contributed by atoms with Gasteiger partial charge in [0.1, 0.15) is 17.7 Å². The summed E-state index contributed by atoms with van der Waals surface area (Å²) in [5, 5.41) is 5.79. The van der Waals surface area contributed by atoms with Crippen molar-refractivity contribution in [2.45, 2.75) is 85.0 Å². The maximum Gasteiger partial charge on any atom is 0.408 e. The molecule has 36 heavy (non-hydrogen) atoms. The van der Waals surface area contributed by atoms with Crippen molar-refractivity contribution >= 4 is 17.9 Å². The molecule has 0 fully saturated rings. The molecule has 7 nitrogen and oxygen atoms in total. The fourth-order valence-corrected chi connectivity index (χ4v) is 3.95. The summed E-state index contributed by atoms with van der Waals surface area (Å²) in [7, 11) is 0. The second-order valence-electron chi connectivity index (χ2n) is 11.0. The highest BCUT2D eigenvalue weighted by atomic mass is 16.6. The molecule has 2 unspecified atom stereocenters. The number of amides is 3. The van der Waals surface area contributed by atoms with Gasteiger partial charge in [-0.1, -0.05) is 54.6 Å². The molecule has 2 aromatic rings. The van der Waals surface area contributed by atoms with Crippen LogP contribution in [0, 0.1) is 6.92 Å². The zero-order valence-corrected chi connectivity index (χ0v) is 22.8. The smallest absolute Gasteiger partial charge is 0.408 e. The molecule has 0 aliphatic carbocycles. The van der Waals surface area contributed by atoms with Gasteiger partial charge in [0, 0.05) is 18.5 Å². The lowest BCUT2D eigenvalue weighted by atomic mass is 9.96. The Hall–Kier alpha value is -3.35. The number of rotatable bonds is 8. The van der Waals surface area contributed by atoms with Crippen molar-refractivity contribution in [1.82, 2.24) is 15.5 Å². The number of likely N-dealkylation sites (N-methyl/N-ethyl adjacent to an activating group) is 1. The first-order valence-corrected chi connectivity index (χ1v) is 12.4. The Morgan fingerprint density at radius 1 is 0.917 bits per heavy atom. The molecule has 196 valence electrons. The largest absolute Gasteiger partial charge is 0.444 e. The van der Waals surface area contributed by atoms with Crippen molar-refractivity contribution < 1.29 is 19.1 Å². The summed E-state index contributed by atoms with van der Waals surface area (Å²) < 4.78 is 5.45. The molecule has 2 aromatic carbocycles. The first-order chi connectivity index (χ1) is 16.7. The topological polar surface area (TPSA) is 87.7 Å². The third kappa shape index (κ3) is 8.70. The number of alkyl carbamates (subject to hydrolysis) is 1. The van der Waals surface area contributed by atoms with Crippen LogP contribution in [-0.2, 0) is 20.7 Å². The summed E-state index contributed by atoms with van der Waals surface area (Å²) in [6.45, 7) is 15.0. The van der Waals surface area contributed by atoms with Crippen LogP contribution in [0.25, 0.3) is 0 Å². The Morgan fingerprint density at radius 2 is 1.50 bits per heavy atom. The summed E-state index contributed by atoms with van der Waals surface area (Å²) >= 11 is 0. The summed E-state index contributed by atoms with van der Waals surface area (Å²) in [6.07, 6.45) is -0.420. The molecular weight excluding hydrogens is 454 g/mol. The average molecular weight is 496 g/mol. The minimum Gasteiger partial charge on any atom is -0.444 e. The Balaban J connectivity index is 2.49. The van der Waals surface area contributed by atoms with E-state index in [1.165, 1.54) is 4.90 Å². The van der Waals surface area contributed by atoms with Crippen molar-refractivity contribution in [2.75, 3.05) is 6.54 Å². The lowest BCUT2D eigenvalue weighted by Crippen LogP contribution is -2.55. The van der Waals surface area contributed by atoms with Crippen LogP contribution in [0.15, 0.2) is 54.6 Å². The molecule has 0 aliphatic rings. The number of nitrogens with one attached hydrogen (secondary N) is 2. The second kappa shape index (κ2) is 12.1. The van der Waals surface area contributed by atoms with E-state index in [4.69, 9.17) is 4.74 Å². The molecular formula is C29H41N3O4. The summed E-state index contributed by atoms with van der Waals surface area (Å²) in [4.78, 5) is 41.9. The zero-order valence-electron chi connectivity index (χ0n) is 22.8. The maximum absolute atomic E-state index is 14.1. The van der Waals surface area contributed by atoms with E-state index >= 15 is 0 Å². The van der Waals surface area contributed by atoms with E-state index in [-0.39, 0.29) is 24.8 Å². The highest BCUT2D eigenvalue weighted by Gasteiger charge is 2.37. The van der Waals surface area contributed by atoms with Crippen LogP contribution in [0.3, 0.4) is 0 Å². The Bertz CT molecular complexity index is 1040. The van der Waals surface area contributed by atoms with Crippen LogP contribution in [0.1, 0.15) is 71.2 Å². The van der Waals surface area contributed by atoms with Crippen LogP contribution < -0.4 is 10.6 Å². The number of aryl methyl sites for hydroxylation is 1. The van der Waals surface area contributed by atoms with E-state index in [1.54, 1.807) is 20.8 Å². The highest BCUT2D eigenvalue weighted by molar-refractivity contribution is 5.92. The molecule has 0 heterocycles. The Kier molecular flexibility index (Phi) is 9.68. The lowest BCUT2D eigenvalue weighted by Gasteiger charge is -2.36. The first-order valence-electron chi connectivity index (χ1n) is 12.4. The van der Waals surface area contributed by atoms with E-state index in [0.717, 1.165) is 16.7 Å². The minimum absolute atomic E-state index is 0.261. The van der Waals surface area contributed by atoms with Gasteiger partial charge in [-0.05, 0) is 72.1 Å². The molecule has 0 saturated carbocycles. The van der Waals surface area contributed by atoms with Gasteiger partial charge in [-0.15, -0.1) is 0 Å². The van der Waals surface area contributed by atoms with E-state index in [1.807, 2.05) is 89.2 Å². The first kappa shape index (κ1) is 28.9. The fourth-order valence-electron chi connectivity index (χ4n) is 3.95. The van der Waals surface area contributed by atoms with E-state index < -0.39 is 29.3 Å². The SMILES string of the molecule is CCN(C(=O)C(Cc1ccccc1)NC(=O)OC(C)(C)C)C(C(=O)NC(C)(C)C)c1ccccc1C. The van der Waals surface area contributed by atoms with Gasteiger partial charge in [0.05, 0.1) is 0 Å². The molecule has 0 bridgehead atoms. The van der Waals surface area contributed by atoms with Gasteiger partial charge in [0.25, 0.3) is 0 Å². The van der Waals surface area contributed by atoms with Crippen molar-refractivity contribution in [1.29, 1.82) is 0 Å². The molecule has 2 atom stereocenters. The third-order valence-corrected chi connectivity index (χ3v) is 5.44. The number of benzene rings is 2. The van der Waals surface area contributed by atoms with E-state index in [0.29, 0.717) is 0 Å². The minimum atomic E-state index is -0.920. The predicted octanol–water partition coefficient (Wildman–Crippen LogP) is 4.94. The quantitative estimate of drug-likeness (QED) is 0.543. The lowest BCUT2D eigenvalue weighted by molar-refractivity contribution is -0.142. The molecule has 0 spiro atoms. The van der Waals surface area contributed by atoms with Crippen molar-refractivity contribution in [3.05, 3.63) is 71.3 Å². The molecule has 0 radical (unpaired) electrons. The van der Waals surface area contributed by atoms with Gasteiger partial charge in [-0.25, -0.2) is 4.79 Å². The number of carbonyl (C=O) groups excluding carboxylic acids is 3. The standard InChI is InChI=1S/C29H41N3O4/c1-9-32(24(25(33)31-28(3,4)5)22-18-14-13-15-20(22)2)26(34)23(19-21-16-11-10-12-17-21)30-27(35)36-29(6,7)8/h10-18,23-24H,9,19H2,1-8H3,(H,30,35)(H,31,33). The van der Waals surface area contributed by atoms with Crippen LogP contribution in [0.4, 0.5) is 4.79 Å². The molecule has 0 saturated heterocycles. The summed E-state index contributed by atoms with van der Waals surface area (Å²) in [5.74, 6) is -0.632. The predicted molar refractivity (Wildman–Crippen MR) is 143 cm³/mol. The van der Waals surface area contributed by atoms with Gasteiger partial charge >= 0.3 is 6.09 Å². The average Bonchev–Trinajstić information content (AvgIpc) is 2.75. The van der Waals surface area contributed by atoms with Gasteiger partial charge in [-0.3, -0.25) is 9.59 Å². The number of carbonyl (C=O) groups is 3.